The number of aromatic nitrogens is 1. The van der Waals surface area contributed by atoms with E-state index < -0.39 is 17.6 Å². The summed E-state index contributed by atoms with van der Waals surface area (Å²) in [5.74, 6) is -0.613. The largest absolute Gasteiger partial charge is 0.416 e. The molecule has 2 aromatic heterocycles. The van der Waals surface area contributed by atoms with Crippen molar-refractivity contribution in [3.8, 4) is 22.4 Å². The summed E-state index contributed by atoms with van der Waals surface area (Å²) in [6.07, 6.45) is -4.53. The highest BCUT2D eigenvalue weighted by Crippen LogP contribution is 2.42. The predicted molar refractivity (Wildman–Crippen MR) is 139 cm³/mol. The molecule has 4 nitrogen and oxygen atoms in total. The van der Waals surface area contributed by atoms with Gasteiger partial charge < -0.3 is 11.1 Å². The first-order chi connectivity index (χ1) is 17.2. The molecule has 9 heteroatoms. The van der Waals surface area contributed by atoms with Gasteiger partial charge in [0.15, 0.2) is 0 Å². The van der Waals surface area contributed by atoms with Crippen LogP contribution in [-0.2, 0) is 6.18 Å². The lowest BCUT2D eigenvalue weighted by Crippen LogP contribution is -2.13. The summed E-state index contributed by atoms with van der Waals surface area (Å²) in [5, 5.41) is 3.70. The molecule has 0 aliphatic carbocycles. The van der Waals surface area contributed by atoms with Gasteiger partial charge in [-0.05, 0) is 47.5 Å². The Hall–Kier alpha value is -3.88. The number of hydrogen-bond acceptors (Lipinski definition) is 4. The highest BCUT2D eigenvalue weighted by atomic mass is 35.5. The molecule has 180 valence electrons. The number of nitrogens with zero attached hydrogens (tertiary/aromatic N) is 1. The molecular formula is C27H17ClF3N3OS. The monoisotopic (exact) mass is 523 g/mol. The third kappa shape index (κ3) is 4.65. The van der Waals surface area contributed by atoms with E-state index in [4.69, 9.17) is 22.3 Å². The van der Waals surface area contributed by atoms with Crippen molar-refractivity contribution in [1.82, 2.24) is 4.98 Å². The maximum atomic E-state index is 13.1. The number of fused-ring (bicyclic) bond motifs is 1. The second-order valence-electron chi connectivity index (χ2n) is 7.99. The zero-order chi connectivity index (χ0) is 25.4. The topological polar surface area (TPSA) is 68.0 Å². The quantitative estimate of drug-likeness (QED) is 0.250. The number of rotatable bonds is 4. The lowest BCUT2D eigenvalue weighted by atomic mass is 9.99. The fourth-order valence-electron chi connectivity index (χ4n) is 3.86. The standard InChI is InChI=1S/C27H17ClF3N3OS/c28-18-11-9-15(10-12-18)20-14-21(16-5-2-1-3-6-16)34-26-22(20)23(32)24(36-26)25(35)33-19-8-4-7-17(13-19)27(29,30)31/h1-14H,32H2,(H,33,35). The third-order valence-corrected chi connectivity index (χ3v) is 6.93. The molecule has 0 fully saturated rings. The van der Waals surface area contributed by atoms with E-state index in [-0.39, 0.29) is 16.3 Å². The van der Waals surface area contributed by atoms with Crippen LogP contribution in [0, 0.1) is 0 Å². The summed E-state index contributed by atoms with van der Waals surface area (Å²) in [7, 11) is 0. The molecule has 3 N–H and O–H groups in total. The number of amides is 1. The summed E-state index contributed by atoms with van der Waals surface area (Å²) in [6, 6.07) is 23.1. The van der Waals surface area contributed by atoms with Gasteiger partial charge in [-0.1, -0.05) is 60.1 Å². The van der Waals surface area contributed by atoms with Crippen molar-refractivity contribution in [3.05, 3.63) is 100 Å². The second kappa shape index (κ2) is 9.29. The van der Waals surface area contributed by atoms with Gasteiger partial charge in [-0.25, -0.2) is 4.98 Å². The minimum atomic E-state index is -4.53. The number of thiophene rings is 1. The fourth-order valence-corrected chi connectivity index (χ4v) is 5.01. The van der Waals surface area contributed by atoms with E-state index >= 15 is 0 Å². The van der Waals surface area contributed by atoms with Crippen LogP contribution < -0.4 is 11.1 Å². The summed E-state index contributed by atoms with van der Waals surface area (Å²) in [4.78, 5) is 18.6. The maximum absolute atomic E-state index is 13.1. The molecule has 0 atom stereocenters. The Labute approximate surface area is 213 Å². The average molecular weight is 524 g/mol. The number of carbonyl (C=O) groups excluding carboxylic acids is 1. The van der Waals surface area contributed by atoms with Crippen LogP contribution in [-0.4, -0.2) is 10.9 Å². The number of carbonyl (C=O) groups is 1. The zero-order valence-corrected chi connectivity index (χ0v) is 20.0. The number of nitrogens with one attached hydrogen (secondary N) is 1. The lowest BCUT2D eigenvalue weighted by Gasteiger charge is -2.10. The zero-order valence-electron chi connectivity index (χ0n) is 18.4. The number of anilines is 2. The van der Waals surface area contributed by atoms with Crippen LogP contribution in [0.5, 0.6) is 0 Å². The molecule has 36 heavy (non-hydrogen) atoms. The minimum Gasteiger partial charge on any atom is -0.397 e. The van der Waals surface area contributed by atoms with Crippen molar-refractivity contribution in [3.63, 3.8) is 0 Å². The highest BCUT2D eigenvalue weighted by Gasteiger charge is 2.30. The van der Waals surface area contributed by atoms with E-state index in [0.29, 0.717) is 20.9 Å². The van der Waals surface area contributed by atoms with Gasteiger partial charge in [0, 0.05) is 21.7 Å². The Balaban J connectivity index is 1.62. The second-order valence-corrected chi connectivity index (χ2v) is 9.42. The molecule has 5 rings (SSSR count). The van der Waals surface area contributed by atoms with E-state index in [2.05, 4.69) is 5.32 Å². The van der Waals surface area contributed by atoms with Crippen LogP contribution >= 0.6 is 22.9 Å². The predicted octanol–water partition coefficient (Wildman–Crippen LogP) is 8.14. The number of nitrogens with two attached hydrogens (primary N) is 1. The van der Waals surface area contributed by atoms with Gasteiger partial charge in [-0.15, -0.1) is 11.3 Å². The van der Waals surface area contributed by atoms with Crippen molar-refractivity contribution < 1.29 is 18.0 Å². The van der Waals surface area contributed by atoms with E-state index in [9.17, 15) is 18.0 Å². The number of pyridine rings is 1. The lowest BCUT2D eigenvalue weighted by molar-refractivity contribution is -0.137. The van der Waals surface area contributed by atoms with Gasteiger partial charge >= 0.3 is 6.18 Å². The van der Waals surface area contributed by atoms with Crippen LogP contribution in [0.25, 0.3) is 32.6 Å². The van der Waals surface area contributed by atoms with Crippen LogP contribution in [0.3, 0.4) is 0 Å². The molecule has 5 aromatic rings. The number of alkyl halides is 3. The molecule has 0 aliphatic rings. The van der Waals surface area contributed by atoms with E-state index in [0.717, 1.165) is 40.2 Å². The van der Waals surface area contributed by atoms with Gasteiger partial charge in [0.1, 0.15) is 9.71 Å². The molecule has 0 radical (unpaired) electrons. The molecule has 0 spiro atoms. The first kappa shape index (κ1) is 23.8. The molecule has 0 aliphatic heterocycles. The minimum absolute atomic E-state index is 0.0162. The highest BCUT2D eigenvalue weighted by molar-refractivity contribution is 7.21. The summed E-state index contributed by atoms with van der Waals surface area (Å²) >= 11 is 7.16. The first-order valence-electron chi connectivity index (χ1n) is 10.7. The number of halogens is 4. The van der Waals surface area contributed by atoms with Crippen LogP contribution in [0.1, 0.15) is 15.2 Å². The van der Waals surface area contributed by atoms with E-state index in [1.807, 2.05) is 48.5 Å². The van der Waals surface area contributed by atoms with E-state index in [1.165, 1.54) is 12.1 Å². The Morgan fingerprint density at radius 2 is 1.64 bits per heavy atom. The molecule has 0 bridgehead atoms. The van der Waals surface area contributed by atoms with Gasteiger partial charge in [0.2, 0.25) is 0 Å². The van der Waals surface area contributed by atoms with Crippen molar-refractivity contribution in [2.75, 3.05) is 11.1 Å². The number of benzene rings is 3. The first-order valence-corrected chi connectivity index (χ1v) is 11.9. The molecule has 3 aromatic carbocycles. The summed E-state index contributed by atoms with van der Waals surface area (Å²) < 4.78 is 39.3. The molecule has 2 heterocycles. The van der Waals surface area contributed by atoms with Crippen molar-refractivity contribution >= 4 is 50.4 Å². The van der Waals surface area contributed by atoms with Gasteiger partial charge in [0.25, 0.3) is 5.91 Å². The van der Waals surface area contributed by atoms with Gasteiger partial charge in [0.05, 0.1) is 16.9 Å². The van der Waals surface area contributed by atoms with Crippen LogP contribution in [0.15, 0.2) is 84.9 Å². The normalized spacial score (nSPS) is 11.6. The number of hydrogen-bond donors (Lipinski definition) is 2. The van der Waals surface area contributed by atoms with Crippen LogP contribution in [0.4, 0.5) is 24.5 Å². The Morgan fingerprint density at radius 3 is 2.33 bits per heavy atom. The third-order valence-electron chi connectivity index (χ3n) is 5.58. The molecule has 0 unspecified atom stereocenters. The summed E-state index contributed by atoms with van der Waals surface area (Å²) in [6.45, 7) is 0. The van der Waals surface area contributed by atoms with Crippen LogP contribution in [0.2, 0.25) is 5.02 Å². The average Bonchev–Trinajstić information content (AvgIpc) is 3.21. The van der Waals surface area contributed by atoms with Crippen molar-refractivity contribution in [1.29, 1.82) is 0 Å². The molecule has 1 amide bonds. The number of nitrogen functional groups attached to an aromatic ring is 1. The fraction of sp³-hybridized carbons (Fsp3) is 0.0370. The van der Waals surface area contributed by atoms with Gasteiger partial charge in [-0.3, -0.25) is 4.79 Å². The molecule has 0 saturated heterocycles. The smallest absolute Gasteiger partial charge is 0.397 e. The maximum Gasteiger partial charge on any atom is 0.416 e. The van der Waals surface area contributed by atoms with Crippen molar-refractivity contribution in [2.45, 2.75) is 6.18 Å². The molecular weight excluding hydrogens is 507 g/mol. The van der Waals surface area contributed by atoms with Crippen molar-refractivity contribution in [2.24, 2.45) is 0 Å². The SMILES string of the molecule is Nc1c(C(=O)Nc2cccc(C(F)(F)F)c2)sc2nc(-c3ccccc3)cc(-c3ccc(Cl)cc3)c12. The van der Waals surface area contributed by atoms with E-state index in [1.54, 1.807) is 12.1 Å². The Bertz CT molecular complexity index is 1580. The Kier molecular flexibility index (Phi) is 6.15. The molecule has 0 saturated carbocycles. The Morgan fingerprint density at radius 1 is 0.917 bits per heavy atom. The van der Waals surface area contributed by atoms with Gasteiger partial charge in [-0.2, -0.15) is 13.2 Å². The summed E-state index contributed by atoms with van der Waals surface area (Å²) in [5.41, 5.74) is 8.99.